The lowest BCUT2D eigenvalue weighted by Gasteiger charge is -2.13. The molecule has 2 rings (SSSR count). The maximum Gasteiger partial charge on any atom is 0.340 e. The molecule has 4 nitrogen and oxygen atoms in total. The first-order valence-corrected chi connectivity index (χ1v) is 11.0. The van der Waals surface area contributed by atoms with Gasteiger partial charge in [0.2, 0.25) is 0 Å². The molecule has 0 radical (unpaired) electrons. The highest BCUT2D eigenvalue weighted by atomic mass is 31.1. The summed E-state index contributed by atoms with van der Waals surface area (Å²) in [7, 11) is -1.20. The molecule has 0 saturated heterocycles. The lowest BCUT2D eigenvalue weighted by molar-refractivity contribution is -0.146. The van der Waals surface area contributed by atoms with Gasteiger partial charge in [0.05, 0.1) is 12.5 Å². The van der Waals surface area contributed by atoms with Crippen molar-refractivity contribution in [3.05, 3.63) is 63.7 Å². The third kappa shape index (κ3) is 6.18. The van der Waals surface area contributed by atoms with Crippen molar-refractivity contribution >= 4 is 13.8 Å². The lowest BCUT2D eigenvalue weighted by atomic mass is 9.93. The number of hydrogen-bond donors (Lipinski definition) is 1. The van der Waals surface area contributed by atoms with Gasteiger partial charge in [0.1, 0.15) is 12.4 Å². The molecule has 0 aliphatic rings. The SMILES string of the molecule is Cc1cc(C[P+](C)=O)cc(C)c1Cc1ccc(O)c(CC(=O)OC(C)C)c1. The van der Waals surface area contributed by atoms with Gasteiger partial charge in [-0.1, -0.05) is 28.8 Å². The van der Waals surface area contributed by atoms with Gasteiger partial charge < -0.3 is 9.84 Å². The molecule has 0 aliphatic heterocycles. The number of carbonyl (C=O) groups excluding carboxylic acids is 1. The van der Waals surface area contributed by atoms with E-state index in [1.54, 1.807) is 26.6 Å². The first kappa shape index (κ1) is 21.1. The first-order chi connectivity index (χ1) is 12.7. The molecule has 0 spiro atoms. The molecule has 0 bridgehead atoms. The van der Waals surface area contributed by atoms with E-state index in [1.807, 2.05) is 12.1 Å². The van der Waals surface area contributed by atoms with E-state index in [2.05, 4.69) is 26.0 Å². The molecule has 0 amide bonds. The molecule has 1 atom stereocenters. The van der Waals surface area contributed by atoms with Gasteiger partial charge in [-0.2, -0.15) is 0 Å². The predicted octanol–water partition coefficient (Wildman–Crippen LogP) is 5.05. The Kier molecular flexibility index (Phi) is 7.15. The number of esters is 1. The molecule has 144 valence electrons. The van der Waals surface area contributed by atoms with Gasteiger partial charge in [-0.25, -0.2) is 0 Å². The van der Waals surface area contributed by atoms with E-state index in [4.69, 9.17) is 4.74 Å². The van der Waals surface area contributed by atoms with Crippen LogP contribution < -0.4 is 0 Å². The van der Waals surface area contributed by atoms with Crippen molar-refractivity contribution in [2.24, 2.45) is 0 Å². The summed E-state index contributed by atoms with van der Waals surface area (Å²) in [6, 6.07) is 9.57. The largest absolute Gasteiger partial charge is 0.508 e. The standard InChI is InChI=1S/C22H27O4P/c1-14(2)26-22(24)12-19-10-17(6-7-21(19)23)11-20-15(3)8-18(9-16(20)4)13-27(5)25/h6-10,14H,11-13H2,1-5H3/p+1. The van der Waals surface area contributed by atoms with Gasteiger partial charge in [0, 0.05) is 11.1 Å². The van der Waals surface area contributed by atoms with Crippen molar-refractivity contribution in [2.75, 3.05) is 6.66 Å². The van der Waals surface area contributed by atoms with Gasteiger partial charge in [-0.05, 0) is 62.4 Å². The maximum atomic E-state index is 11.9. The van der Waals surface area contributed by atoms with E-state index in [0.717, 1.165) is 22.3 Å². The van der Waals surface area contributed by atoms with Crippen LogP contribution in [0.5, 0.6) is 5.75 Å². The molecular weight excluding hydrogens is 359 g/mol. The molecule has 1 unspecified atom stereocenters. The fraction of sp³-hybridized carbons (Fsp3) is 0.409. The zero-order chi connectivity index (χ0) is 20.1. The summed E-state index contributed by atoms with van der Waals surface area (Å²) < 4.78 is 16.7. The highest BCUT2D eigenvalue weighted by molar-refractivity contribution is 7.42. The molecule has 1 N–H and O–H groups in total. The van der Waals surface area contributed by atoms with Crippen LogP contribution in [0.25, 0.3) is 0 Å². The van der Waals surface area contributed by atoms with Crippen LogP contribution in [0.3, 0.4) is 0 Å². The Morgan fingerprint density at radius 2 is 1.74 bits per heavy atom. The Morgan fingerprint density at radius 3 is 2.30 bits per heavy atom. The zero-order valence-electron chi connectivity index (χ0n) is 16.7. The number of phenolic OH excluding ortho intramolecular Hbond substituents is 1. The monoisotopic (exact) mass is 387 g/mol. The predicted molar refractivity (Wildman–Crippen MR) is 109 cm³/mol. The van der Waals surface area contributed by atoms with Crippen LogP contribution in [0.4, 0.5) is 0 Å². The van der Waals surface area contributed by atoms with Crippen LogP contribution in [-0.4, -0.2) is 23.8 Å². The Morgan fingerprint density at radius 1 is 1.11 bits per heavy atom. The number of hydrogen-bond acceptors (Lipinski definition) is 4. The minimum absolute atomic E-state index is 0.0539. The molecule has 0 saturated carbocycles. The molecule has 0 aliphatic carbocycles. The van der Waals surface area contributed by atoms with Crippen LogP contribution in [0.15, 0.2) is 30.3 Å². The minimum Gasteiger partial charge on any atom is -0.508 e. The lowest BCUT2D eigenvalue weighted by Crippen LogP contribution is -2.13. The smallest absolute Gasteiger partial charge is 0.340 e. The van der Waals surface area contributed by atoms with Crippen molar-refractivity contribution in [1.29, 1.82) is 0 Å². The maximum absolute atomic E-state index is 11.9. The Balaban J connectivity index is 2.24. The Bertz CT molecular complexity index is 832. The molecule has 2 aromatic carbocycles. The average Bonchev–Trinajstić information content (AvgIpc) is 2.52. The number of aromatic hydroxyl groups is 1. The molecular formula is C22H28O4P+. The number of benzene rings is 2. The molecule has 27 heavy (non-hydrogen) atoms. The second kappa shape index (κ2) is 9.14. The second-order valence-corrected chi connectivity index (χ2v) is 8.92. The zero-order valence-corrected chi connectivity index (χ0v) is 17.6. The van der Waals surface area contributed by atoms with Crippen LogP contribution in [0.1, 0.15) is 47.2 Å². The summed E-state index contributed by atoms with van der Waals surface area (Å²) in [5.74, 6) is -0.238. The highest BCUT2D eigenvalue weighted by Gasteiger charge is 2.14. The van der Waals surface area contributed by atoms with Crippen LogP contribution in [0.2, 0.25) is 0 Å². The number of ether oxygens (including phenoxy) is 1. The Hall–Kier alpha value is -2.19. The number of rotatable bonds is 7. The fourth-order valence-corrected chi connectivity index (χ4v) is 3.96. The van der Waals surface area contributed by atoms with Crippen molar-refractivity contribution in [3.63, 3.8) is 0 Å². The summed E-state index contributed by atoms with van der Waals surface area (Å²) in [5.41, 5.74) is 6.24. The van der Waals surface area contributed by atoms with Gasteiger partial charge in [0.15, 0.2) is 6.16 Å². The normalized spacial score (nSPS) is 11.6. The fourth-order valence-electron chi connectivity index (χ4n) is 3.26. The number of carbonyl (C=O) groups is 1. The van der Waals surface area contributed by atoms with E-state index >= 15 is 0 Å². The molecule has 2 aromatic rings. The first-order valence-electron chi connectivity index (χ1n) is 9.13. The molecule has 0 heterocycles. The topological polar surface area (TPSA) is 63.6 Å². The van der Waals surface area contributed by atoms with E-state index in [-0.39, 0.29) is 24.2 Å². The van der Waals surface area contributed by atoms with Gasteiger partial charge in [-0.15, -0.1) is 0 Å². The van der Waals surface area contributed by atoms with Crippen molar-refractivity contribution in [2.45, 2.75) is 52.8 Å². The van der Waals surface area contributed by atoms with Crippen LogP contribution in [-0.2, 0) is 33.1 Å². The van der Waals surface area contributed by atoms with Gasteiger partial charge in [-0.3, -0.25) is 4.79 Å². The Labute approximate surface area is 162 Å². The van der Waals surface area contributed by atoms with Gasteiger partial charge in [0.25, 0.3) is 0 Å². The summed E-state index contributed by atoms with van der Waals surface area (Å²) in [6.45, 7) is 9.48. The number of phenols is 1. The van der Waals surface area contributed by atoms with E-state index < -0.39 is 7.80 Å². The van der Waals surface area contributed by atoms with E-state index in [9.17, 15) is 14.5 Å². The summed E-state index contributed by atoms with van der Waals surface area (Å²) in [4.78, 5) is 11.9. The molecule has 5 heteroatoms. The third-order valence-electron chi connectivity index (χ3n) is 4.39. The van der Waals surface area contributed by atoms with Crippen LogP contribution >= 0.6 is 7.80 Å². The molecule has 0 fully saturated rings. The average molecular weight is 387 g/mol. The summed E-state index contributed by atoms with van der Waals surface area (Å²) in [6.07, 6.45) is 1.18. The minimum atomic E-state index is -1.20. The molecule has 0 aromatic heterocycles. The third-order valence-corrected chi connectivity index (χ3v) is 5.20. The van der Waals surface area contributed by atoms with Gasteiger partial charge >= 0.3 is 13.8 Å². The van der Waals surface area contributed by atoms with Crippen molar-refractivity contribution in [3.8, 4) is 5.75 Å². The van der Waals surface area contributed by atoms with Crippen molar-refractivity contribution in [1.82, 2.24) is 0 Å². The van der Waals surface area contributed by atoms with Crippen LogP contribution in [0, 0.1) is 13.8 Å². The summed E-state index contributed by atoms with van der Waals surface area (Å²) in [5, 5.41) is 10.1. The highest BCUT2D eigenvalue weighted by Crippen LogP contribution is 2.28. The van der Waals surface area contributed by atoms with Crippen molar-refractivity contribution < 1.29 is 19.2 Å². The number of aryl methyl sites for hydroxylation is 2. The van der Waals surface area contributed by atoms with E-state index in [1.165, 1.54) is 5.56 Å². The van der Waals surface area contributed by atoms with E-state index in [0.29, 0.717) is 18.1 Å². The quantitative estimate of drug-likeness (QED) is 0.533. The summed E-state index contributed by atoms with van der Waals surface area (Å²) >= 11 is 0. The second-order valence-electron chi connectivity index (χ2n) is 7.35.